The predicted molar refractivity (Wildman–Crippen MR) is 110 cm³/mol. The van der Waals surface area contributed by atoms with Gasteiger partial charge in [0.2, 0.25) is 0 Å². The summed E-state index contributed by atoms with van der Waals surface area (Å²) in [6, 6.07) is 18.7. The van der Waals surface area contributed by atoms with Crippen molar-refractivity contribution in [3.8, 4) is 0 Å². The Morgan fingerprint density at radius 2 is 1.83 bits per heavy atom. The smallest absolute Gasteiger partial charge is 0.359 e. The number of hydrogen-bond donors (Lipinski definition) is 0. The molecule has 0 saturated heterocycles. The first kappa shape index (κ1) is 19.3. The summed E-state index contributed by atoms with van der Waals surface area (Å²) >= 11 is 0. The topological polar surface area (TPSA) is 91.4 Å². The van der Waals surface area contributed by atoms with Gasteiger partial charge in [-0.05, 0) is 30.2 Å². The molecule has 0 spiro atoms. The molecule has 7 heteroatoms. The fraction of sp³-hybridized carbons (Fsp3) is 0.130. The number of carbonyl (C=O) groups excluding carboxylic acids is 1. The third-order valence-electron chi connectivity index (χ3n) is 4.60. The number of ether oxygens (including phenoxy) is 1. The summed E-state index contributed by atoms with van der Waals surface area (Å²) in [6.07, 6.45) is 0. The van der Waals surface area contributed by atoms with E-state index in [2.05, 4.69) is 5.10 Å². The lowest BCUT2D eigenvalue weighted by molar-refractivity contribution is 0.0463. The van der Waals surface area contributed by atoms with Crippen molar-refractivity contribution >= 4 is 16.9 Å². The second-order valence-corrected chi connectivity index (χ2v) is 6.87. The summed E-state index contributed by atoms with van der Waals surface area (Å²) in [5.74, 6) is -0.690. The summed E-state index contributed by atoms with van der Waals surface area (Å²) in [5.41, 5.74) is 1.97. The maximum absolute atomic E-state index is 12.5. The van der Waals surface area contributed by atoms with Crippen molar-refractivity contribution in [3.05, 3.63) is 110 Å². The molecule has 0 amide bonds. The van der Waals surface area contributed by atoms with Gasteiger partial charge in [0.15, 0.2) is 5.69 Å². The molecule has 150 valence electrons. The Balaban J connectivity index is 1.55. The first-order valence-corrected chi connectivity index (χ1v) is 9.32. The fourth-order valence-electron chi connectivity index (χ4n) is 3.10. The molecule has 0 unspecified atom stereocenters. The highest BCUT2D eigenvalue weighted by Crippen LogP contribution is 2.19. The monoisotopic (exact) mass is 402 g/mol. The molecule has 0 saturated carbocycles. The third kappa shape index (κ3) is 4.20. The number of benzene rings is 2. The molecule has 0 N–H and O–H groups in total. The van der Waals surface area contributed by atoms with Crippen LogP contribution in [0.3, 0.4) is 0 Å². The molecule has 2 aromatic heterocycles. The van der Waals surface area contributed by atoms with Crippen LogP contribution in [0.2, 0.25) is 0 Å². The summed E-state index contributed by atoms with van der Waals surface area (Å²) in [4.78, 5) is 36.4. The quantitative estimate of drug-likeness (QED) is 0.376. The van der Waals surface area contributed by atoms with Crippen LogP contribution in [0.1, 0.15) is 27.2 Å². The minimum atomic E-state index is -0.690. The van der Waals surface area contributed by atoms with Gasteiger partial charge < -0.3 is 9.15 Å². The van der Waals surface area contributed by atoms with Crippen LogP contribution < -0.4 is 11.2 Å². The van der Waals surface area contributed by atoms with E-state index < -0.39 is 11.6 Å². The highest BCUT2D eigenvalue weighted by Gasteiger charge is 2.14. The Kier molecular flexibility index (Phi) is 5.26. The van der Waals surface area contributed by atoms with Crippen molar-refractivity contribution in [2.75, 3.05) is 0 Å². The van der Waals surface area contributed by atoms with E-state index in [9.17, 15) is 14.4 Å². The number of aryl methyl sites for hydroxylation is 1. The van der Waals surface area contributed by atoms with Crippen molar-refractivity contribution in [1.29, 1.82) is 0 Å². The summed E-state index contributed by atoms with van der Waals surface area (Å²) in [6.45, 7) is 2.01. The molecular weight excluding hydrogens is 384 g/mol. The number of hydrogen-bond acceptors (Lipinski definition) is 6. The molecule has 0 aliphatic rings. The maximum atomic E-state index is 12.5. The van der Waals surface area contributed by atoms with E-state index in [-0.39, 0.29) is 24.4 Å². The zero-order valence-corrected chi connectivity index (χ0v) is 16.2. The SMILES string of the molecule is Cc1ccc2c(COC(=O)c3ccc(=O)n(Cc4ccccc4)n3)cc(=O)oc2c1. The van der Waals surface area contributed by atoms with Crippen molar-refractivity contribution in [3.63, 3.8) is 0 Å². The minimum absolute atomic E-state index is 0.00801. The lowest BCUT2D eigenvalue weighted by atomic mass is 10.1. The average Bonchev–Trinajstić information content (AvgIpc) is 2.73. The van der Waals surface area contributed by atoms with Gasteiger partial charge in [-0.1, -0.05) is 42.5 Å². The van der Waals surface area contributed by atoms with Crippen LogP contribution in [-0.4, -0.2) is 15.7 Å². The molecule has 0 bridgehead atoms. The van der Waals surface area contributed by atoms with E-state index in [0.29, 0.717) is 16.5 Å². The van der Waals surface area contributed by atoms with E-state index in [0.717, 1.165) is 11.1 Å². The summed E-state index contributed by atoms with van der Waals surface area (Å²) < 4.78 is 11.8. The zero-order chi connectivity index (χ0) is 21.1. The van der Waals surface area contributed by atoms with Gasteiger partial charge in [-0.15, -0.1) is 0 Å². The van der Waals surface area contributed by atoms with Crippen LogP contribution >= 0.6 is 0 Å². The van der Waals surface area contributed by atoms with E-state index in [1.54, 1.807) is 6.07 Å². The van der Waals surface area contributed by atoms with Crippen LogP contribution in [0.5, 0.6) is 0 Å². The Morgan fingerprint density at radius 3 is 2.63 bits per heavy atom. The highest BCUT2D eigenvalue weighted by molar-refractivity contribution is 5.87. The molecule has 2 aromatic carbocycles. The van der Waals surface area contributed by atoms with Gasteiger partial charge >= 0.3 is 11.6 Å². The Bertz CT molecular complexity index is 1340. The molecule has 0 atom stereocenters. The first-order chi connectivity index (χ1) is 14.5. The van der Waals surface area contributed by atoms with Crippen molar-refractivity contribution < 1.29 is 13.9 Å². The van der Waals surface area contributed by atoms with Gasteiger partial charge in [0.05, 0.1) is 6.54 Å². The molecule has 0 fully saturated rings. The normalized spacial score (nSPS) is 10.8. The zero-order valence-electron chi connectivity index (χ0n) is 16.2. The Morgan fingerprint density at radius 1 is 1.03 bits per heavy atom. The van der Waals surface area contributed by atoms with E-state index in [1.165, 1.54) is 22.9 Å². The van der Waals surface area contributed by atoms with Crippen LogP contribution in [0.15, 0.2) is 80.7 Å². The third-order valence-corrected chi connectivity index (χ3v) is 4.60. The van der Waals surface area contributed by atoms with E-state index in [4.69, 9.17) is 9.15 Å². The number of fused-ring (bicyclic) bond motifs is 1. The number of carbonyl (C=O) groups is 1. The van der Waals surface area contributed by atoms with Gasteiger partial charge in [-0.25, -0.2) is 14.3 Å². The molecule has 4 rings (SSSR count). The van der Waals surface area contributed by atoms with Crippen molar-refractivity contribution in [2.45, 2.75) is 20.1 Å². The van der Waals surface area contributed by atoms with Crippen LogP contribution in [0.25, 0.3) is 11.0 Å². The van der Waals surface area contributed by atoms with Gasteiger partial charge in [0, 0.05) is 23.1 Å². The molecule has 4 aromatic rings. The summed E-state index contributed by atoms with van der Waals surface area (Å²) in [7, 11) is 0. The van der Waals surface area contributed by atoms with Gasteiger partial charge in [0.25, 0.3) is 5.56 Å². The van der Waals surface area contributed by atoms with Gasteiger partial charge in [-0.3, -0.25) is 4.79 Å². The van der Waals surface area contributed by atoms with Crippen molar-refractivity contribution in [1.82, 2.24) is 9.78 Å². The molecule has 0 radical (unpaired) electrons. The fourth-order valence-corrected chi connectivity index (χ4v) is 3.10. The molecular formula is C23H18N2O5. The minimum Gasteiger partial charge on any atom is -0.456 e. The van der Waals surface area contributed by atoms with Crippen LogP contribution in [-0.2, 0) is 17.9 Å². The van der Waals surface area contributed by atoms with E-state index in [1.807, 2.05) is 49.4 Å². The Hall–Kier alpha value is -4.00. The van der Waals surface area contributed by atoms with Gasteiger partial charge in [0.1, 0.15) is 12.2 Å². The Labute approximate surface area is 171 Å². The number of rotatable bonds is 5. The van der Waals surface area contributed by atoms with Gasteiger partial charge in [-0.2, -0.15) is 5.10 Å². The standard InChI is InChI=1S/C23H18N2O5/c1-15-7-8-18-17(12-22(27)30-20(18)11-15)14-29-23(28)19-9-10-21(26)25(24-19)13-16-5-3-2-4-6-16/h2-12H,13-14H2,1H3. The lowest BCUT2D eigenvalue weighted by Gasteiger charge is -2.09. The number of aromatic nitrogens is 2. The molecule has 0 aliphatic heterocycles. The maximum Gasteiger partial charge on any atom is 0.359 e. The highest BCUT2D eigenvalue weighted by atomic mass is 16.5. The molecule has 30 heavy (non-hydrogen) atoms. The predicted octanol–water partition coefficient (Wildman–Crippen LogP) is 3.06. The average molecular weight is 402 g/mol. The number of nitrogens with zero attached hydrogens (tertiary/aromatic N) is 2. The van der Waals surface area contributed by atoms with Crippen molar-refractivity contribution in [2.24, 2.45) is 0 Å². The molecule has 2 heterocycles. The second kappa shape index (κ2) is 8.16. The molecule has 7 nitrogen and oxygen atoms in total. The first-order valence-electron chi connectivity index (χ1n) is 9.32. The van der Waals surface area contributed by atoms with Crippen LogP contribution in [0.4, 0.5) is 0 Å². The second-order valence-electron chi connectivity index (χ2n) is 6.87. The van der Waals surface area contributed by atoms with E-state index >= 15 is 0 Å². The molecule has 0 aliphatic carbocycles. The number of esters is 1. The lowest BCUT2D eigenvalue weighted by Crippen LogP contribution is -2.25. The van der Waals surface area contributed by atoms with Crippen LogP contribution in [0, 0.1) is 6.92 Å². The largest absolute Gasteiger partial charge is 0.456 e. The summed E-state index contributed by atoms with van der Waals surface area (Å²) in [5, 5.41) is 4.81.